The van der Waals surface area contributed by atoms with E-state index >= 15 is 0 Å². The lowest BCUT2D eigenvalue weighted by Crippen LogP contribution is -2.08. The molecule has 3 aromatic rings. The molecule has 0 saturated heterocycles. The Balaban J connectivity index is 1.83. The maximum absolute atomic E-state index is 12.2. The molecule has 0 aliphatic heterocycles. The summed E-state index contributed by atoms with van der Waals surface area (Å²) in [5.41, 5.74) is 3.27. The van der Waals surface area contributed by atoms with Gasteiger partial charge in [-0.05, 0) is 54.5 Å². The van der Waals surface area contributed by atoms with Crippen molar-refractivity contribution in [3.8, 4) is 0 Å². The maximum Gasteiger partial charge on any atom is 0.248 e. The first-order valence-corrected chi connectivity index (χ1v) is 8.08. The summed E-state index contributed by atoms with van der Waals surface area (Å²) < 4.78 is 0. The highest BCUT2D eigenvalue weighted by molar-refractivity contribution is 6.32. The van der Waals surface area contributed by atoms with Crippen LogP contribution in [0.25, 0.3) is 17.0 Å². The van der Waals surface area contributed by atoms with Crippen molar-refractivity contribution in [2.75, 3.05) is 5.32 Å². The zero-order valence-electron chi connectivity index (χ0n) is 12.9. The van der Waals surface area contributed by atoms with Gasteiger partial charge in [0.2, 0.25) is 5.91 Å². The molecule has 0 bridgehead atoms. The highest BCUT2D eigenvalue weighted by Crippen LogP contribution is 2.28. The van der Waals surface area contributed by atoms with Crippen LogP contribution in [0.3, 0.4) is 0 Å². The first kappa shape index (κ1) is 16.5. The largest absolute Gasteiger partial charge is 0.322 e. The number of halogens is 2. The average molecular weight is 357 g/mol. The number of fused-ring (bicyclic) bond motifs is 1. The Hall–Kier alpha value is -2.36. The van der Waals surface area contributed by atoms with E-state index in [1.165, 1.54) is 6.08 Å². The van der Waals surface area contributed by atoms with Gasteiger partial charge in [-0.2, -0.15) is 0 Å². The molecule has 0 aliphatic rings. The molecular weight excluding hydrogens is 343 g/mol. The van der Waals surface area contributed by atoms with Crippen molar-refractivity contribution in [1.82, 2.24) is 4.98 Å². The van der Waals surface area contributed by atoms with Crippen molar-refractivity contribution >= 4 is 51.8 Å². The molecule has 5 heteroatoms. The predicted octanol–water partition coefficient (Wildman–Crippen LogP) is 5.50. The average Bonchev–Trinajstić information content (AvgIpc) is 2.58. The molecule has 0 aliphatic carbocycles. The first-order chi connectivity index (χ1) is 11.5. The number of benzene rings is 2. The van der Waals surface area contributed by atoms with Crippen molar-refractivity contribution in [3.63, 3.8) is 0 Å². The van der Waals surface area contributed by atoms with Crippen LogP contribution in [0, 0.1) is 6.92 Å². The van der Waals surface area contributed by atoms with E-state index in [-0.39, 0.29) is 5.91 Å². The highest BCUT2D eigenvalue weighted by atomic mass is 35.5. The lowest BCUT2D eigenvalue weighted by atomic mass is 10.1. The van der Waals surface area contributed by atoms with Crippen molar-refractivity contribution < 1.29 is 4.79 Å². The fraction of sp³-hybridized carbons (Fsp3) is 0.0526. The van der Waals surface area contributed by atoms with E-state index in [2.05, 4.69) is 10.3 Å². The topological polar surface area (TPSA) is 42.0 Å². The number of carbonyl (C=O) groups excluding carboxylic acids is 1. The van der Waals surface area contributed by atoms with Gasteiger partial charge >= 0.3 is 0 Å². The molecule has 0 radical (unpaired) electrons. The Kier molecular flexibility index (Phi) is 4.84. The quantitative estimate of drug-likeness (QED) is 0.629. The van der Waals surface area contributed by atoms with Crippen molar-refractivity contribution in [2.24, 2.45) is 0 Å². The zero-order chi connectivity index (χ0) is 17.1. The molecule has 0 spiro atoms. The van der Waals surface area contributed by atoms with Gasteiger partial charge in [0.15, 0.2) is 0 Å². The molecule has 1 amide bonds. The van der Waals surface area contributed by atoms with E-state index in [4.69, 9.17) is 23.2 Å². The lowest BCUT2D eigenvalue weighted by molar-refractivity contribution is -0.111. The molecule has 1 heterocycles. The van der Waals surface area contributed by atoms with Crippen LogP contribution in [-0.2, 0) is 4.79 Å². The van der Waals surface area contributed by atoms with E-state index < -0.39 is 0 Å². The molecule has 0 saturated carbocycles. The van der Waals surface area contributed by atoms with Crippen LogP contribution >= 0.6 is 23.2 Å². The SMILES string of the molecule is Cc1c(Cl)ccc2c(NC(=O)/C=C/c3ccc(Cl)cc3)ccnc12. The molecule has 1 N–H and O–H groups in total. The molecule has 3 nitrogen and oxygen atoms in total. The number of carbonyl (C=O) groups is 1. The van der Waals surface area contributed by atoms with Crippen LogP contribution < -0.4 is 5.32 Å². The summed E-state index contributed by atoms with van der Waals surface area (Å²) >= 11 is 12.0. The Morgan fingerprint density at radius 1 is 1.08 bits per heavy atom. The summed E-state index contributed by atoms with van der Waals surface area (Å²) in [5.74, 6) is -0.218. The van der Waals surface area contributed by atoms with E-state index in [1.807, 2.05) is 25.1 Å². The van der Waals surface area contributed by atoms with Crippen LogP contribution in [-0.4, -0.2) is 10.9 Å². The highest BCUT2D eigenvalue weighted by Gasteiger charge is 2.08. The van der Waals surface area contributed by atoms with Gasteiger partial charge in [0.1, 0.15) is 0 Å². The normalized spacial score (nSPS) is 11.1. The Morgan fingerprint density at radius 2 is 1.83 bits per heavy atom. The van der Waals surface area contributed by atoms with Crippen molar-refractivity contribution in [3.05, 3.63) is 75.9 Å². The van der Waals surface area contributed by atoms with Crippen LogP contribution in [0.1, 0.15) is 11.1 Å². The monoisotopic (exact) mass is 356 g/mol. The smallest absolute Gasteiger partial charge is 0.248 e. The van der Waals surface area contributed by atoms with E-state index in [9.17, 15) is 4.79 Å². The Labute approximate surface area is 149 Å². The van der Waals surface area contributed by atoms with Gasteiger partial charge in [-0.3, -0.25) is 9.78 Å². The minimum Gasteiger partial charge on any atom is -0.322 e. The minimum absolute atomic E-state index is 0.218. The second-order valence-electron chi connectivity index (χ2n) is 5.30. The molecule has 0 fully saturated rings. The summed E-state index contributed by atoms with van der Waals surface area (Å²) in [7, 11) is 0. The van der Waals surface area contributed by atoms with Gasteiger partial charge in [-0.1, -0.05) is 35.3 Å². The van der Waals surface area contributed by atoms with E-state index in [0.717, 1.165) is 22.0 Å². The van der Waals surface area contributed by atoms with Gasteiger partial charge < -0.3 is 5.32 Å². The molecule has 3 rings (SSSR count). The molecule has 0 atom stereocenters. The number of nitrogens with zero attached hydrogens (tertiary/aromatic N) is 1. The zero-order valence-corrected chi connectivity index (χ0v) is 14.4. The number of amides is 1. The Bertz CT molecular complexity index is 934. The number of aromatic nitrogens is 1. The Morgan fingerprint density at radius 3 is 2.58 bits per heavy atom. The molecule has 0 unspecified atom stereocenters. The van der Waals surface area contributed by atoms with E-state index in [0.29, 0.717) is 15.7 Å². The van der Waals surface area contributed by atoms with Crippen LogP contribution in [0.5, 0.6) is 0 Å². The molecule has 24 heavy (non-hydrogen) atoms. The third-order valence-corrected chi connectivity index (χ3v) is 4.32. The van der Waals surface area contributed by atoms with Gasteiger partial charge in [0.05, 0.1) is 11.2 Å². The fourth-order valence-corrected chi connectivity index (χ4v) is 2.64. The number of nitrogens with one attached hydrogen (secondary N) is 1. The number of aryl methyl sites for hydroxylation is 1. The number of rotatable bonds is 3. The van der Waals surface area contributed by atoms with Gasteiger partial charge in [0.25, 0.3) is 0 Å². The third kappa shape index (κ3) is 3.58. The minimum atomic E-state index is -0.218. The van der Waals surface area contributed by atoms with Crippen LogP contribution in [0.2, 0.25) is 10.0 Å². The van der Waals surface area contributed by atoms with Crippen LogP contribution in [0.4, 0.5) is 5.69 Å². The lowest BCUT2D eigenvalue weighted by Gasteiger charge is -2.09. The molecule has 120 valence electrons. The van der Waals surface area contributed by atoms with Gasteiger partial charge in [0, 0.05) is 27.7 Å². The molecule has 2 aromatic carbocycles. The first-order valence-electron chi connectivity index (χ1n) is 7.33. The van der Waals surface area contributed by atoms with E-state index in [1.54, 1.807) is 36.5 Å². The van der Waals surface area contributed by atoms with Crippen molar-refractivity contribution in [1.29, 1.82) is 0 Å². The summed E-state index contributed by atoms with van der Waals surface area (Å²) in [4.78, 5) is 16.5. The van der Waals surface area contributed by atoms with Gasteiger partial charge in [-0.15, -0.1) is 0 Å². The summed E-state index contributed by atoms with van der Waals surface area (Å²) in [6.45, 7) is 1.91. The summed E-state index contributed by atoms with van der Waals surface area (Å²) in [5, 5.41) is 5.05. The van der Waals surface area contributed by atoms with Gasteiger partial charge in [-0.25, -0.2) is 0 Å². The third-order valence-electron chi connectivity index (χ3n) is 3.65. The number of hydrogen-bond acceptors (Lipinski definition) is 2. The number of pyridine rings is 1. The number of hydrogen-bond donors (Lipinski definition) is 1. The fourth-order valence-electron chi connectivity index (χ4n) is 2.36. The van der Waals surface area contributed by atoms with Crippen LogP contribution in [0.15, 0.2) is 54.7 Å². The van der Waals surface area contributed by atoms with Crippen molar-refractivity contribution in [2.45, 2.75) is 6.92 Å². The molecule has 1 aromatic heterocycles. The summed E-state index contributed by atoms with van der Waals surface area (Å²) in [6.07, 6.45) is 4.87. The second-order valence-corrected chi connectivity index (χ2v) is 6.14. The number of anilines is 1. The summed E-state index contributed by atoms with van der Waals surface area (Å²) in [6, 6.07) is 12.7. The maximum atomic E-state index is 12.2. The second kappa shape index (κ2) is 7.04. The predicted molar refractivity (Wildman–Crippen MR) is 101 cm³/mol. The molecular formula is C19H14Cl2N2O. The standard InChI is InChI=1S/C19H14Cl2N2O/c1-12-16(21)8-7-15-17(10-11-22-19(12)15)23-18(24)9-4-13-2-5-14(20)6-3-13/h2-11H,1H3,(H,22,23,24)/b9-4+.